The first-order valence-corrected chi connectivity index (χ1v) is 10.8. The van der Waals surface area contributed by atoms with Crippen LogP contribution in [0.25, 0.3) is 0 Å². The number of halogens is 1. The number of imide groups is 1. The minimum atomic E-state index is -0.0693. The Morgan fingerprint density at radius 1 is 1.10 bits per heavy atom. The Morgan fingerprint density at radius 2 is 1.77 bits per heavy atom. The number of guanidine groups is 1. The Hall–Kier alpha value is -1.68. The first kappa shape index (κ1) is 24.6. The van der Waals surface area contributed by atoms with Crippen molar-refractivity contribution in [2.45, 2.75) is 51.6 Å². The van der Waals surface area contributed by atoms with Crippen molar-refractivity contribution >= 4 is 41.8 Å². The number of rotatable bonds is 7. The maximum atomic E-state index is 11.9. The molecule has 2 fully saturated rings. The van der Waals surface area contributed by atoms with Crippen molar-refractivity contribution in [3.63, 3.8) is 0 Å². The van der Waals surface area contributed by atoms with Gasteiger partial charge in [0.25, 0.3) is 0 Å². The molecule has 0 aromatic heterocycles. The summed E-state index contributed by atoms with van der Waals surface area (Å²) in [5, 5.41) is 6.80. The van der Waals surface area contributed by atoms with E-state index in [1.54, 1.807) is 0 Å². The lowest BCUT2D eigenvalue weighted by atomic mass is 10.0. The van der Waals surface area contributed by atoms with Gasteiger partial charge in [-0.25, -0.2) is 0 Å². The highest BCUT2D eigenvalue weighted by Gasteiger charge is 2.25. The van der Waals surface area contributed by atoms with Gasteiger partial charge in [-0.2, -0.15) is 0 Å². The highest BCUT2D eigenvalue weighted by molar-refractivity contribution is 14.0. The second-order valence-electron chi connectivity index (χ2n) is 7.73. The van der Waals surface area contributed by atoms with Crippen LogP contribution < -0.4 is 10.6 Å². The summed E-state index contributed by atoms with van der Waals surface area (Å²) in [5.41, 5.74) is 1.36. The molecule has 0 aliphatic carbocycles. The molecule has 2 aliphatic heterocycles. The molecule has 2 N–H and O–H groups in total. The van der Waals surface area contributed by atoms with E-state index in [1.807, 2.05) is 6.92 Å². The Balaban J connectivity index is 0.00000320. The summed E-state index contributed by atoms with van der Waals surface area (Å²) in [6.45, 7) is 6.73. The van der Waals surface area contributed by atoms with E-state index in [2.05, 4.69) is 50.9 Å². The van der Waals surface area contributed by atoms with Crippen molar-refractivity contribution in [3.8, 4) is 0 Å². The first-order valence-electron chi connectivity index (χ1n) is 10.8. The maximum absolute atomic E-state index is 11.9. The van der Waals surface area contributed by atoms with Crippen LogP contribution in [-0.2, 0) is 16.1 Å². The number of carbonyl (C=O) groups is 2. The maximum Gasteiger partial charge on any atom is 0.229 e. The summed E-state index contributed by atoms with van der Waals surface area (Å²) >= 11 is 0. The summed E-state index contributed by atoms with van der Waals surface area (Å²) in [6, 6.07) is 11.0. The molecule has 0 unspecified atom stereocenters. The lowest BCUT2D eigenvalue weighted by molar-refractivity contribution is -0.147. The molecule has 8 heteroatoms. The summed E-state index contributed by atoms with van der Waals surface area (Å²) in [5.74, 6) is 0.631. The number of nitrogens with zero attached hydrogens (tertiary/aromatic N) is 3. The van der Waals surface area contributed by atoms with Crippen LogP contribution in [0.5, 0.6) is 0 Å². The van der Waals surface area contributed by atoms with Gasteiger partial charge in [0.1, 0.15) is 0 Å². The van der Waals surface area contributed by atoms with Crippen LogP contribution in [0.4, 0.5) is 0 Å². The lowest BCUT2D eigenvalue weighted by Gasteiger charge is -2.33. The highest BCUT2D eigenvalue weighted by Crippen LogP contribution is 2.14. The van der Waals surface area contributed by atoms with Gasteiger partial charge < -0.3 is 10.6 Å². The van der Waals surface area contributed by atoms with E-state index in [9.17, 15) is 9.59 Å². The van der Waals surface area contributed by atoms with Gasteiger partial charge in [0.05, 0.1) is 6.54 Å². The molecule has 0 atom stereocenters. The van der Waals surface area contributed by atoms with Crippen LogP contribution in [0.1, 0.15) is 44.6 Å². The van der Waals surface area contributed by atoms with Gasteiger partial charge in [0.15, 0.2) is 5.96 Å². The zero-order valence-corrected chi connectivity index (χ0v) is 20.1. The Morgan fingerprint density at radius 3 is 2.40 bits per heavy atom. The second kappa shape index (κ2) is 12.9. The first-order chi connectivity index (χ1) is 14.2. The van der Waals surface area contributed by atoms with E-state index in [0.29, 0.717) is 38.4 Å². The monoisotopic (exact) mass is 527 g/mol. The van der Waals surface area contributed by atoms with Gasteiger partial charge in [0.2, 0.25) is 11.8 Å². The molecule has 1 aromatic carbocycles. The normalized spacial score (nSPS) is 18.8. The molecule has 0 bridgehead atoms. The predicted octanol–water partition coefficient (Wildman–Crippen LogP) is 2.36. The topological polar surface area (TPSA) is 77.0 Å². The molecule has 7 nitrogen and oxygen atoms in total. The zero-order chi connectivity index (χ0) is 20.5. The number of nitrogens with one attached hydrogen (secondary N) is 2. The lowest BCUT2D eigenvalue weighted by Crippen LogP contribution is -2.49. The van der Waals surface area contributed by atoms with E-state index < -0.39 is 0 Å². The number of benzene rings is 1. The van der Waals surface area contributed by atoms with Crippen molar-refractivity contribution in [2.24, 2.45) is 4.99 Å². The fraction of sp³-hybridized carbons (Fsp3) is 0.591. The van der Waals surface area contributed by atoms with Crippen molar-refractivity contribution < 1.29 is 9.59 Å². The van der Waals surface area contributed by atoms with Gasteiger partial charge in [0, 0.05) is 51.6 Å². The Bertz CT molecular complexity index is 689. The van der Waals surface area contributed by atoms with Gasteiger partial charge in [-0.3, -0.25) is 24.4 Å². The fourth-order valence-electron chi connectivity index (χ4n) is 3.90. The summed E-state index contributed by atoms with van der Waals surface area (Å²) in [6.07, 6.45) is 3.75. The van der Waals surface area contributed by atoms with Crippen molar-refractivity contribution in [1.29, 1.82) is 0 Å². The van der Waals surface area contributed by atoms with E-state index in [-0.39, 0.29) is 35.8 Å². The van der Waals surface area contributed by atoms with E-state index in [1.165, 1.54) is 10.5 Å². The van der Waals surface area contributed by atoms with E-state index >= 15 is 0 Å². The summed E-state index contributed by atoms with van der Waals surface area (Å²) < 4.78 is 0. The van der Waals surface area contributed by atoms with Gasteiger partial charge in [-0.05, 0) is 31.7 Å². The molecular formula is C22H34IN5O2. The number of carbonyl (C=O) groups excluding carboxylic acids is 2. The molecule has 0 spiro atoms. The van der Waals surface area contributed by atoms with Crippen LogP contribution in [0.2, 0.25) is 0 Å². The minimum absolute atomic E-state index is 0. The molecule has 166 valence electrons. The van der Waals surface area contributed by atoms with Crippen molar-refractivity contribution in [2.75, 3.05) is 32.7 Å². The third kappa shape index (κ3) is 7.54. The number of hydrogen-bond acceptors (Lipinski definition) is 4. The standard InChI is InChI=1S/C22H33N5O2.HI/c1-2-23-22(24-13-16-27-20(28)9-6-10-21(27)29)25-19-11-14-26(15-12-19)17-18-7-4-3-5-8-18;/h3-5,7-8,19H,2,6,9-17H2,1H3,(H2,23,24,25);1H. The number of amides is 2. The van der Waals surface area contributed by atoms with Crippen LogP contribution in [0, 0.1) is 0 Å². The van der Waals surface area contributed by atoms with Crippen molar-refractivity contribution in [1.82, 2.24) is 20.4 Å². The molecular weight excluding hydrogens is 493 g/mol. The van der Waals surface area contributed by atoms with Gasteiger partial charge >= 0.3 is 0 Å². The summed E-state index contributed by atoms with van der Waals surface area (Å²) in [4.78, 5) is 32.3. The minimum Gasteiger partial charge on any atom is -0.357 e. The number of piperidine rings is 2. The average Bonchev–Trinajstić information content (AvgIpc) is 2.72. The number of hydrogen-bond donors (Lipinski definition) is 2. The highest BCUT2D eigenvalue weighted by atomic mass is 127. The SMILES string of the molecule is CCNC(=NCCN1C(=O)CCCC1=O)NC1CCN(Cc2ccccc2)CC1.I. The molecule has 0 radical (unpaired) electrons. The Labute approximate surface area is 196 Å². The quantitative estimate of drug-likeness (QED) is 0.247. The molecule has 1 aromatic rings. The number of aliphatic imine (C=N–C) groups is 1. The van der Waals surface area contributed by atoms with E-state index in [4.69, 9.17) is 0 Å². The van der Waals surface area contributed by atoms with E-state index in [0.717, 1.165) is 45.0 Å². The molecule has 2 aliphatic rings. The molecule has 3 rings (SSSR count). The van der Waals surface area contributed by atoms with Crippen molar-refractivity contribution in [3.05, 3.63) is 35.9 Å². The van der Waals surface area contributed by atoms with Gasteiger partial charge in [-0.15, -0.1) is 24.0 Å². The molecule has 2 amide bonds. The van der Waals surface area contributed by atoms with Gasteiger partial charge in [-0.1, -0.05) is 30.3 Å². The average molecular weight is 527 g/mol. The zero-order valence-electron chi connectivity index (χ0n) is 17.8. The summed E-state index contributed by atoms with van der Waals surface area (Å²) in [7, 11) is 0. The smallest absolute Gasteiger partial charge is 0.229 e. The van der Waals surface area contributed by atoms with Crippen LogP contribution in [-0.4, -0.2) is 66.3 Å². The predicted molar refractivity (Wildman–Crippen MR) is 130 cm³/mol. The number of likely N-dealkylation sites (tertiary alicyclic amines) is 2. The van der Waals surface area contributed by atoms with Crippen LogP contribution >= 0.6 is 24.0 Å². The van der Waals surface area contributed by atoms with Crippen LogP contribution in [0.15, 0.2) is 35.3 Å². The fourth-order valence-corrected chi connectivity index (χ4v) is 3.90. The third-order valence-corrected chi connectivity index (χ3v) is 5.50. The van der Waals surface area contributed by atoms with Crippen LogP contribution in [0.3, 0.4) is 0 Å². The third-order valence-electron chi connectivity index (χ3n) is 5.50. The molecule has 2 saturated heterocycles. The second-order valence-corrected chi connectivity index (χ2v) is 7.73. The molecule has 30 heavy (non-hydrogen) atoms. The largest absolute Gasteiger partial charge is 0.357 e. The Kier molecular flexibility index (Phi) is 10.6. The molecule has 0 saturated carbocycles. The molecule has 2 heterocycles.